The molecular weight excluding hydrogens is 534 g/mol. The van der Waals surface area contributed by atoms with Gasteiger partial charge in [-0.25, -0.2) is 0 Å². The van der Waals surface area contributed by atoms with E-state index in [1.807, 2.05) is 31.7 Å². The minimum absolute atomic E-state index is 0.0517. The Balaban J connectivity index is 1.40. The third-order valence-corrected chi connectivity index (χ3v) is 10.5. The van der Waals surface area contributed by atoms with Gasteiger partial charge in [-0.05, 0) is 103 Å². The number of hydrogen-bond donors (Lipinski definition) is 1. The topological polar surface area (TPSA) is 74.9 Å². The number of aromatic nitrogens is 1. The van der Waals surface area contributed by atoms with Crippen LogP contribution in [0.15, 0.2) is 23.0 Å². The Labute approximate surface area is 246 Å². The van der Waals surface area contributed by atoms with Gasteiger partial charge in [0, 0.05) is 57.6 Å². The SMILES string of the molecule is Cc1cc(C)c(CN2CCc3c(c(C)c4c(c3-c3ccc(C)s3)OC(C)([C@H]3CC[C@H](N(C)C)CC3)O4)C2=O)c(=O)[nH]1. The lowest BCUT2D eigenvalue weighted by Gasteiger charge is -2.39. The maximum atomic E-state index is 14.2. The number of benzene rings is 1. The van der Waals surface area contributed by atoms with Crippen LogP contribution in [0.1, 0.15) is 75.8 Å². The van der Waals surface area contributed by atoms with Gasteiger partial charge in [-0.15, -0.1) is 11.3 Å². The van der Waals surface area contributed by atoms with E-state index in [4.69, 9.17) is 9.47 Å². The number of nitrogens with zero attached hydrogens (tertiary/aromatic N) is 2. The molecule has 8 heteroatoms. The Morgan fingerprint density at radius 3 is 2.37 bits per heavy atom. The van der Waals surface area contributed by atoms with Gasteiger partial charge in [-0.3, -0.25) is 9.59 Å². The molecule has 0 spiro atoms. The van der Waals surface area contributed by atoms with Gasteiger partial charge in [0.1, 0.15) is 0 Å². The van der Waals surface area contributed by atoms with Crippen LogP contribution in [0.25, 0.3) is 10.4 Å². The second-order valence-electron chi connectivity index (χ2n) is 12.5. The average Bonchev–Trinajstić information content (AvgIpc) is 3.51. The number of ether oxygens (including phenoxy) is 2. The molecule has 3 aromatic rings. The van der Waals surface area contributed by atoms with Crippen molar-refractivity contribution in [3.8, 4) is 21.9 Å². The van der Waals surface area contributed by atoms with Crippen LogP contribution < -0.4 is 15.0 Å². The van der Waals surface area contributed by atoms with E-state index in [1.165, 1.54) is 4.88 Å². The van der Waals surface area contributed by atoms with E-state index in [9.17, 15) is 9.59 Å². The molecule has 2 aromatic heterocycles. The van der Waals surface area contributed by atoms with Crippen molar-refractivity contribution in [3.63, 3.8) is 0 Å². The molecule has 0 bridgehead atoms. The molecule has 1 unspecified atom stereocenters. The minimum Gasteiger partial charge on any atom is -0.448 e. The summed E-state index contributed by atoms with van der Waals surface area (Å²) in [6.07, 6.45) is 5.01. The van der Waals surface area contributed by atoms with E-state index in [-0.39, 0.29) is 23.9 Å². The summed E-state index contributed by atoms with van der Waals surface area (Å²) in [6, 6.07) is 6.82. The molecule has 4 heterocycles. The highest BCUT2D eigenvalue weighted by Gasteiger charge is 2.49. The number of pyridine rings is 1. The van der Waals surface area contributed by atoms with Crippen LogP contribution in [0.2, 0.25) is 0 Å². The van der Waals surface area contributed by atoms with Gasteiger partial charge >= 0.3 is 0 Å². The number of aromatic amines is 1. The highest BCUT2D eigenvalue weighted by molar-refractivity contribution is 7.15. The fraction of sp³-hybridized carbons (Fsp3) is 0.515. The lowest BCUT2D eigenvalue weighted by molar-refractivity contribution is -0.123. The van der Waals surface area contributed by atoms with Crippen molar-refractivity contribution in [3.05, 3.63) is 66.9 Å². The number of rotatable bonds is 5. The number of carbonyl (C=O) groups excluding carboxylic acids is 1. The summed E-state index contributed by atoms with van der Waals surface area (Å²) >= 11 is 1.72. The van der Waals surface area contributed by atoms with Gasteiger partial charge in [0.2, 0.25) is 0 Å². The second kappa shape index (κ2) is 10.3. The van der Waals surface area contributed by atoms with Crippen molar-refractivity contribution in [1.82, 2.24) is 14.8 Å². The van der Waals surface area contributed by atoms with Crippen LogP contribution in [0.4, 0.5) is 0 Å². The lowest BCUT2D eigenvalue weighted by atomic mass is 9.81. The molecule has 0 saturated heterocycles. The molecule has 2 aliphatic heterocycles. The summed E-state index contributed by atoms with van der Waals surface area (Å²) in [5.74, 6) is 0.923. The highest BCUT2D eigenvalue weighted by Crippen LogP contribution is 2.56. The smallest absolute Gasteiger partial charge is 0.254 e. The van der Waals surface area contributed by atoms with Crippen molar-refractivity contribution in [2.45, 2.75) is 85.1 Å². The maximum absolute atomic E-state index is 14.2. The van der Waals surface area contributed by atoms with E-state index in [2.05, 4.69) is 50.0 Å². The number of hydrogen-bond acceptors (Lipinski definition) is 6. The van der Waals surface area contributed by atoms with E-state index in [0.717, 1.165) is 64.3 Å². The second-order valence-corrected chi connectivity index (χ2v) is 13.8. The van der Waals surface area contributed by atoms with Gasteiger partial charge in [0.05, 0.1) is 12.1 Å². The molecule has 1 aromatic carbocycles. The van der Waals surface area contributed by atoms with Crippen LogP contribution in [0.5, 0.6) is 11.5 Å². The number of fused-ring (bicyclic) bond motifs is 2. The first-order chi connectivity index (χ1) is 19.5. The van der Waals surface area contributed by atoms with Gasteiger partial charge in [-0.1, -0.05) is 0 Å². The van der Waals surface area contributed by atoms with Crippen molar-refractivity contribution >= 4 is 17.2 Å². The molecule has 3 aliphatic rings. The Morgan fingerprint density at radius 2 is 1.73 bits per heavy atom. The summed E-state index contributed by atoms with van der Waals surface area (Å²) in [4.78, 5) is 36.3. The lowest BCUT2D eigenvalue weighted by Crippen LogP contribution is -2.46. The van der Waals surface area contributed by atoms with Gasteiger partial charge in [0.25, 0.3) is 17.3 Å². The first kappa shape index (κ1) is 28.0. The van der Waals surface area contributed by atoms with Crippen LogP contribution in [-0.4, -0.2) is 53.2 Å². The van der Waals surface area contributed by atoms with Crippen LogP contribution in [0.3, 0.4) is 0 Å². The molecule has 1 fully saturated rings. The van der Waals surface area contributed by atoms with Crippen LogP contribution in [-0.2, 0) is 13.0 Å². The first-order valence-corrected chi connectivity index (χ1v) is 15.6. The number of thiophene rings is 1. The quantitative estimate of drug-likeness (QED) is 0.395. The Kier molecular flexibility index (Phi) is 7.05. The number of carbonyl (C=O) groups is 1. The number of amides is 1. The van der Waals surface area contributed by atoms with Gasteiger partial charge < -0.3 is 24.3 Å². The molecule has 1 amide bonds. The largest absolute Gasteiger partial charge is 0.448 e. The monoisotopic (exact) mass is 575 g/mol. The first-order valence-electron chi connectivity index (χ1n) is 14.8. The zero-order valence-electron chi connectivity index (χ0n) is 25.3. The van der Waals surface area contributed by atoms with Crippen LogP contribution >= 0.6 is 11.3 Å². The number of aryl methyl sites for hydroxylation is 3. The molecule has 7 nitrogen and oxygen atoms in total. The molecule has 1 aliphatic carbocycles. The molecule has 6 rings (SSSR count). The van der Waals surface area contributed by atoms with Crippen molar-refractivity contribution < 1.29 is 14.3 Å². The third-order valence-electron chi connectivity index (χ3n) is 9.49. The zero-order valence-corrected chi connectivity index (χ0v) is 26.1. The summed E-state index contributed by atoms with van der Waals surface area (Å²) in [6.45, 7) is 10.8. The van der Waals surface area contributed by atoms with Gasteiger partial charge in [0.15, 0.2) is 11.5 Å². The predicted octanol–water partition coefficient (Wildman–Crippen LogP) is 6.14. The average molecular weight is 576 g/mol. The van der Waals surface area contributed by atoms with Crippen molar-refractivity contribution in [1.29, 1.82) is 0 Å². The summed E-state index contributed by atoms with van der Waals surface area (Å²) in [5.41, 5.74) is 5.80. The Morgan fingerprint density at radius 1 is 1.02 bits per heavy atom. The fourth-order valence-electron chi connectivity index (χ4n) is 7.11. The van der Waals surface area contributed by atoms with Crippen LogP contribution in [0, 0.1) is 33.6 Å². The molecule has 1 atom stereocenters. The maximum Gasteiger partial charge on any atom is 0.254 e. The summed E-state index contributed by atoms with van der Waals surface area (Å²) < 4.78 is 13.7. The normalized spacial score (nSPS) is 23.8. The summed E-state index contributed by atoms with van der Waals surface area (Å²) in [7, 11) is 4.32. The molecule has 1 N–H and O–H groups in total. The molecule has 1 saturated carbocycles. The molecule has 0 radical (unpaired) electrons. The van der Waals surface area contributed by atoms with E-state index >= 15 is 0 Å². The number of H-pyrrole nitrogens is 1. The van der Waals surface area contributed by atoms with Crippen molar-refractivity contribution in [2.75, 3.05) is 20.6 Å². The molecular formula is C33H41N3O4S. The van der Waals surface area contributed by atoms with E-state index in [1.54, 1.807) is 11.3 Å². The zero-order chi connectivity index (χ0) is 29.2. The fourth-order valence-corrected chi connectivity index (χ4v) is 8.05. The van der Waals surface area contributed by atoms with Gasteiger partial charge in [-0.2, -0.15) is 0 Å². The van der Waals surface area contributed by atoms with Crippen molar-refractivity contribution in [2.24, 2.45) is 5.92 Å². The summed E-state index contributed by atoms with van der Waals surface area (Å²) in [5, 5.41) is 0. The molecule has 218 valence electrons. The highest BCUT2D eigenvalue weighted by atomic mass is 32.1. The third kappa shape index (κ3) is 4.79. The Bertz CT molecular complexity index is 1580. The van der Waals surface area contributed by atoms with E-state index < -0.39 is 5.79 Å². The van der Waals surface area contributed by atoms with E-state index in [0.29, 0.717) is 35.9 Å². The standard InChI is InChI=1S/C33H41N3O4S/c1-18-16-19(2)34-31(37)25(18)17-36-15-14-24-27(32(36)38)21(4)29-30(28(24)26-13-8-20(3)41-26)40-33(5,39-29)22-9-11-23(12-10-22)35(6)7/h8,13,16,22-23H,9-12,14-15,17H2,1-7H3,(H,34,37)/t22-,23-,33?. The number of nitrogens with one attached hydrogen (secondary N) is 1. The predicted molar refractivity (Wildman–Crippen MR) is 163 cm³/mol. The Hall–Kier alpha value is -3.10. The minimum atomic E-state index is -0.773. The molecule has 41 heavy (non-hydrogen) atoms.